The minimum absolute atomic E-state index is 0. The third kappa shape index (κ3) is 4.96. The lowest BCUT2D eigenvalue weighted by Gasteiger charge is -2.22. The minimum atomic E-state index is -0.506. The number of halogens is 1. The molecule has 6 nitrogen and oxygen atoms in total. The highest BCUT2D eigenvalue weighted by molar-refractivity contribution is 5.85. The van der Waals surface area contributed by atoms with Crippen LogP contribution in [-0.2, 0) is 19.1 Å². The van der Waals surface area contributed by atoms with Crippen LogP contribution in [0.1, 0.15) is 0 Å². The van der Waals surface area contributed by atoms with Gasteiger partial charge in [0.25, 0.3) is 5.91 Å². The number of methoxy groups -OCH3 is 1. The second kappa shape index (κ2) is 7.44. The standard InChI is InChI=1S/C8H14N2O4.ClH/c1-13-7(11)5-10-8(12)6-4-9-2-3-14-6;/h6,9H,2-5H2,1H3,(H,10,12);1H/t6-;/m1./s1. The van der Waals surface area contributed by atoms with Crippen molar-refractivity contribution in [2.24, 2.45) is 0 Å². The van der Waals surface area contributed by atoms with E-state index in [1.54, 1.807) is 0 Å². The topological polar surface area (TPSA) is 76.7 Å². The summed E-state index contributed by atoms with van der Waals surface area (Å²) in [4.78, 5) is 22.0. The third-order valence-electron chi connectivity index (χ3n) is 1.85. The SMILES string of the molecule is COC(=O)CNC(=O)[C@H]1CNCCO1.Cl. The number of carbonyl (C=O) groups is 2. The molecule has 1 aliphatic heterocycles. The third-order valence-corrected chi connectivity index (χ3v) is 1.85. The molecule has 0 unspecified atom stereocenters. The minimum Gasteiger partial charge on any atom is -0.468 e. The Morgan fingerprint density at radius 2 is 2.33 bits per heavy atom. The van der Waals surface area contributed by atoms with Crippen molar-refractivity contribution < 1.29 is 19.1 Å². The molecular weight excluding hydrogens is 224 g/mol. The summed E-state index contributed by atoms with van der Waals surface area (Å²) in [6.45, 7) is 1.62. The summed E-state index contributed by atoms with van der Waals surface area (Å²) in [5.74, 6) is -0.760. The number of nitrogens with one attached hydrogen (secondary N) is 2. The van der Waals surface area contributed by atoms with Gasteiger partial charge in [-0.1, -0.05) is 0 Å². The van der Waals surface area contributed by atoms with Gasteiger partial charge in [-0.2, -0.15) is 0 Å². The van der Waals surface area contributed by atoms with Gasteiger partial charge in [0.1, 0.15) is 12.6 Å². The van der Waals surface area contributed by atoms with Gasteiger partial charge >= 0.3 is 5.97 Å². The first-order valence-electron chi connectivity index (χ1n) is 4.41. The molecule has 1 aliphatic rings. The van der Waals surface area contributed by atoms with Crippen LogP contribution in [0.4, 0.5) is 0 Å². The van der Waals surface area contributed by atoms with Crippen LogP contribution in [0, 0.1) is 0 Å². The maximum Gasteiger partial charge on any atom is 0.325 e. The number of amides is 1. The molecule has 0 aliphatic carbocycles. The van der Waals surface area contributed by atoms with Crippen LogP contribution in [0.25, 0.3) is 0 Å². The molecule has 1 fully saturated rings. The van der Waals surface area contributed by atoms with E-state index in [-0.39, 0.29) is 24.9 Å². The number of rotatable bonds is 3. The van der Waals surface area contributed by atoms with Crippen molar-refractivity contribution in [3.63, 3.8) is 0 Å². The van der Waals surface area contributed by atoms with E-state index in [2.05, 4.69) is 15.4 Å². The van der Waals surface area contributed by atoms with Crippen LogP contribution in [0.3, 0.4) is 0 Å². The highest BCUT2D eigenvalue weighted by Gasteiger charge is 2.21. The number of morpholine rings is 1. The molecule has 1 amide bonds. The maximum absolute atomic E-state index is 11.3. The Balaban J connectivity index is 0.00000196. The summed E-state index contributed by atoms with van der Waals surface area (Å²) in [6, 6.07) is 0. The summed E-state index contributed by atoms with van der Waals surface area (Å²) in [5.41, 5.74) is 0. The second-order valence-electron chi connectivity index (χ2n) is 2.86. The Kier molecular flexibility index (Phi) is 7.02. The fourth-order valence-electron chi connectivity index (χ4n) is 1.08. The molecule has 0 saturated carbocycles. The molecule has 0 spiro atoms. The van der Waals surface area contributed by atoms with Gasteiger partial charge in [0, 0.05) is 13.1 Å². The number of esters is 1. The van der Waals surface area contributed by atoms with Crippen LogP contribution in [-0.4, -0.2) is 51.3 Å². The average Bonchev–Trinajstić information content (AvgIpc) is 2.26. The number of hydrogen-bond donors (Lipinski definition) is 2. The smallest absolute Gasteiger partial charge is 0.325 e. The van der Waals surface area contributed by atoms with Gasteiger partial charge in [0.2, 0.25) is 0 Å². The Labute approximate surface area is 94.1 Å². The molecule has 15 heavy (non-hydrogen) atoms. The first-order valence-corrected chi connectivity index (χ1v) is 4.41. The van der Waals surface area contributed by atoms with Crippen LogP contribution in [0.5, 0.6) is 0 Å². The lowest BCUT2D eigenvalue weighted by atomic mass is 10.3. The van der Waals surface area contributed by atoms with Crippen LogP contribution >= 0.6 is 12.4 Å². The van der Waals surface area contributed by atoms with Crippen molar-refractivity contribution >= 4 is 24.3 Å². The van der Waals surface area contributed by atoms with E-state index in [1.807, 2.05) is 0 Å². The van der Waals surface area contributed by atoms with Gasteiger partial charge in [0.15, 0.2) is 0 Å². The Bertz CT molecular complexity index is 219. The fraction of sp³-hybridized carbons (Fsp3) is 0.750. The van der Waals surface area contributed by atoms with Gasteiger partial charge < -0.3 is 20.1 Å². The molecule has 0 aromatic carbocycles. The van der Waals surface area contributed by atoms with Crippen LogP contribution < -0.4 is 10.6 Å². The molecule has 1 rings (SSSR count). The fourth-order valence-corrected chi connectivity index (χ4v) is 1.08. The van der Waals surface area contributed by atoms with Crippen molar-refractivity contribution in [3.8, 4) is 0 Å². The zero-order valence-electron chi connectivity index (χ0n) is 8.45. The zero-order valence-corrected chi connectivity index (χ0v) is 9.26. The van der Waals surface area contributed by atoms with Gasteiger partial charge in [-0.25, -0.2) is 0 Å². The Hall–Kier alpha value is -0.850. The number of carbonyl (C=O) groups excluding carboxylic acids is 2. The predicted octanol–water partition coefficient (Wildman–Crippen LogP) is -1.31. The summed E-state index contributed by atoms with van der Waals surface area (Å²) < 4.78 is 9.56. The Morgan fingerprint density at radius 3 is 2.87 bits per heavy atom. The van der Waals surface area contributed by atoms with E-state index in [0.29, 0.717) is 13.2 Å². The first-order chi connectivity index (χ1) is 6.74. The van der Waals surface area contributed by atoms with Gasteiger partial charge in [-0.15, -0.1) is 12.4 Å². The summed E-state index contributed by atoms with van der Waals surface area (Å²) >= 11 is 0. The van der Waals surface area contributed by atoms with Gasteiger partial charge in [0.05, 0.1) is 13.7 Å². The van der Waals surface area contributed by atoms with Crippen LogP contribution in [0.15, 0.2) is 0 Å². The van der Waals surface area contributed by atoms with E-state index in [4.69, 9.17) is 4.74 Å². The number of ether oxygens (including phenoxy) is 2. The van der Waals surface area contributed by atoms with Crippen molar-refractivity contribution in [2.75, 3.05) is 33.4 Å². The molecule has 0 bridgehead atoms. The molecule has 0 aromatic rings. The largest absolute Gasteiger partial charge is 0.468 e. The monoisotopic (exact) mass is 238 g/mol. The maximum atomic E-state index is 11.3. The highest BCUT2D eigenvalue weighted by Crippen LogP contribution is 1.95. The Morgan fingerprint density at radius 1 is 1.60 bits per heavy atom. The number of hydrogen-bond acceptors (Lipinski definition) is 5. The van der Waals surface area contributed by atoms with Crippen molar-refractivity contribution in [1.29, 1.82) is 0 Å². The zero-order chi connectivity index (χ0) is 10.4. The lowest BCUT2D eigenvalue weighted by Crippen LogP contribution is -2.48. The van der Waals surface area contributed by atoms with E-state index < -0.39 is 12.1 Å². The van der Waals surface area contributed by atoms with E-state index in [9.17, 15) is 9.59 Å². The van der Waals surface area contributed by atoms with Crippen LogP contribution in [0.2, 0.25) is 0 Å². The van der Waals surface area contributed by atoms with Gasteiger partial charge in [-0.3, -0.25) is 9.59 Å². The first kappa shape index (κ1) is 14.2. The lowest BCUT2D eigenvalue weighted by molar-refractivity contribution is -0.143. The molecule has 1 heterocycles. The molecule has 1 saturated heterocycles. The predicted molar refractivity (Wildman–Crippen MR) is 54.9 cm³/mol. The quantitative estimate of drug-likeness (QED) is 0.597. The molecule has 0 radical (unpaired) electrons. The normalized spacial score (nSPS) is 19.9. The summed E-state index contributed by atoms with van der Waals surface area (Å²) in [7, 11) is 1.27. The molecule has 1 atom stereocenters. The van der Waals surface area contributed by atoms with Crippen molar-refractivity contribution in [2.45, 2.75) is 6.10 Å². The molecule has 0 aromatic heterocycles. The van der Waals surface area contributed by atoms with Crippen molar-refractivity contribution in [1.82, 2.24) is 10.6 Å². The van der Waals surface area contributed by atoms with Gasteiger partial charge in [-0.05, 0) is 0 Å². The van der Waals surface area contributed by atoms with E-state index >= 15 is 0 Å². The summed E-state index contributed by atoms with van der Waals surface area (Å²) in [5, 5.41) is 5.44. The summed E-state index contributed by atoms with van der Waals surface area (Å²) in [6.07, 6.45) is -0.506. The molecular formula is C8H15ClN2O4. The highest BCUT2D eigenvalue weighted by atomic mass is 35.5. The molecule has 88 valence electrons. The second-order valence-corrected chi connectivity index (χ2v) is 2.86. The molecule has 2 N–H and O–H groups in total. The average molecular weight is 239 g/mol. The molecule has 7 heteroatoms. The van der Waals surface area contributed by atoms with Crippen molar-refractivity contribution in [3.05, 3.63) is 0 Å². The van der Waals surface area contributed by atoms with E-state index in [1.165, 1.54) is 7.11 Å². The van der Waals surface area contributed by atoms with E-state index in [0.717, 1.165) is 6.54 Å².